The number of nitrogens with zero attached hydrogens (tertiary/aromatic N) is 2. The molecular weight excluding hydrogens is 290 g/mol. The molecule has 0 spiro atoms. The lowest BCUT2D eigenvalue weighted by atomic mass is 10.1. The summed E-state index contributed by atoms with van der Waals surface area (Å²) in [5.41, 5.74) is 9.02. The number of hydrogen-bond donors (Lipinski definition) is 1. The minimum absolute atomic E-state index is 0.0188. The van der Waals surface area contributed by atoms with Gasteiger partial charge in [-0.15, -0.1) is 0 Å². The minimum atomic E-state index is 0.0188. The molecule has 0 bridgehead atoms. The van der Waals surface area contributed by atoms with Crippen molar-refractivity contribution in [3.05, 3.63) is 54.0 Å². The van der Waals surface area contributed by atoms with Crippen LogP contribution in [-0.2, 0) is 4.79 Å². The third-order valence-corrected chi connectivity index (χ3v) is 4.10. The van der Waals surface area contributed by atoms with Gasteiger partial charge in [-0.2, -0.15) is 0 Å². The smallest absolute Gasteiger partial charge is 0.246 e. The van der Waals surface area contributed by atoms with Crippen molar-refractivity contribution in [1.82, 2.24) is 4.90 Å². The standard InChI is InChI=1S/C18H21N3O2/c1-14-4-5-15(19)13-17(14)20-8-10-21(11-9-20)18(22)7-6-16-3-2-12-23-16/h2-7,12-13H,8-11,19H2,1H3/b7-6+. The number of amides is 1. The second kappa shape index (κ2) is 6.60. The van der Waals surface area contributed by atoms with Gasteiger partial charge in [0.1, 0.15) is 5.76 Å². The van der Waals surface area contributed by atoms with Crippen LogP contribution >= 0.6 is 0 Å². The lowest BCUT2D eigenvalue weighted by molar-refractivity contribution is -0.126. The highest BCUT2D eigenvalue weighted by molar-refractivity contribution is 5.91. The van der Waals surface area contributed by atoms with E-state index in [2.05, 4.69) is 11.8 Å². The summed E-state index contributed by atoms with van der Waals surface area (Å²) in [7, 11) is 0. The van der Waals surface area contributed by atoms with E-state index in [1.165, 1.54) is 5.56 Å². The van der Waals surface area contributed by atoms with Crippen LogP contribution in [0.25, 0.3) is 6.08 Å². The van der Waals surface area contributed by atoms with Crippen LogP contribution in [0.15, 0.2) is 47.1 Å². The maximum Gasteiger partial charge on any atom is 0.246 e. The molecule has 0 aliphatic carbocycles. The van der Waals surface area contributed by atoms with Crippen molar-refractivity contribution in [2.24, 2.45) is 0 Å². The highest BCUT2D eigenvalue weighted by atomic mass is 16.3. The fourth-order valence-corrected chi connectivity index (χ4v) is 2.78. The number of piperazine rings is 1. The zero-order valence-electron chi connectivity index (χ0n) is 13.2. The number of hydrogen-bond acceptors (Lipinski definition) is 4. The zero-order valence-corrected chi connectivity index (χ0v) is 13.2. The second-order valence-corrected chi connectivity index (χ2v) is 5.71. The highest BCUT2D eigenvalue weighted by Gasteiger charge is 2.20. The Kier molecular flexibility index (Phi) is 4.37. The van der Waals surface area contributed by atoms with Gasteiger partial charge >= 0.3 is 0 Å². The molecule has 1 saturated heterocycles. The molecule has 2 N–H and O–H groups in total. The summed E-state index contributed by atoms with van der Waals surface area (Å²) in [6, 6.07) is 9.58. The van der Waals surface area contributed by atoms with Crippen LogP contribution in [0, 0.1) is 6.92 Å². The molecule has 0 saturated carbocycles. The van der Waals surface area contributed by atoms with E-state index in [1.807, 2.05) is 29.2 Å². The summed E-state index contributed by atoms with van der Waals surface area (Å²) in [4.78, 5) is 16.4. The normalized spacial score (nSPS) is 15.3. The Morgan fingerprint density at radius 2 is 2.00 bits per heavy atom. The Balaban J connectivity index is 1.60. The summed E-state index contributed by atoms with van der Waals surface area (Å²) in [5, 5.41) is 0. The summed E-state index contributed by atoms with van der Waals surface area (Å²) in [5.74, 6) is 0.706. The number of anilines is 2. The number of nitrogen functional groups attached to an aromatic ring is 1. The number of aryl methyl sites for hydroxylation is 1. The molecule has 5 nitrogen and oxygen atoms in total. The summed E-state index contributed by atoms with van der Waals surface area (Å²) in [6.45, 7) is 5.11. The molecule has 0 unspecified atom stereocenters. The van der Waals surface area contributed by atoms with Gasteiger partial charge < -0.3 is 20.0 Å². The first-order chi connectivity index (χ1) is 11.1. The van der Waals surface area contributed by atoms with Crippen LogP contribution in [0.5, 0.6) is 0 Å². The Bertz CT molecular complexity index is 699. The number of rotatable bonds is 3. The average Bonchev–Trinajstić information content (AvgIpc) is 3.08. The van der Waals surface area contributed by atoms with Crippen molar-refractivity contribution < 1.29 is 9.21 Å². The van der Waals surface area contributed by atoms with E-state index >= 15 is 0 Å². The molecule has 1 amide bonds. The first-order valence-corrected chi connectivity index (χ1v) is 7.75. The second-order valence-electron chi connectivity index (χ2n) is 5.71. The predicted molar refractivity (Wildman–Crippen MR) is 92.1 cm³/mol. The lowest BCUT2D eigenvalue weighted by Crippen LogP contribution is -2.48. The largest absolute Gasteiger partial charge is 0.465 e. The molecule has 2 aromatic rings. The van der Waals surface area contributed by atoms with E-state index in [0.29, 0.717) is 18.8 Å². The van der Waals surface area contributed by atoms with Crippen LogP contribution < -0.4 is 10.6 Å². The third kappa shape index (κ3) is 3.56. The maximum atomic E-state index is 12.2. The Hall–Kier alpha value is -2.69. The summed E-state index contributed by atoms with van der Waals surface area (Å²) in [6.07, 6.45) is 4.87. The minimum Gasteiger partial charge on any atom is -0.465 e. The summed E-state index contributed by atoms with van der Waals surface area (Å²) < 4.78 is 5.19. The molecule has 1 aromatic carbocycles. The number of benzene rings is 1. The SMILES string of the molecule is Cc1ccc(N)cc1N1CCN(C(=O)/C=C/c2ccco2)CC1. The molecule has 1 fully saturated rings. The van der Waals surface area contributed by atoms with Gasteiger partial charge in [-0.25, -0.2) is 0 Å². The monoisotopic (exact) mass is 311 g/mol. The predicted octanol–water partition coefficient (Wildman–Crippen LogP) is 2.53. The topological polar surface area (TPSA) is 62.7 Å². The average molecular weight is 311 g/mol. The fourth-order valence-electron chi connectivity index (χ4n) is 2.78. The Morgan fingerprint density at radius 3 is 2.70 bits per heavy atom. The number of carbonyl (C=O) groups is 1. The zero-order chi connectivity index (χ0) is 16.2. The van der Waals surface area contributed by atoms with Gasteiger partial charge in [0.2, 0.25) is 5.91 Å². The summed E-state index contributed by atoms with van der Waals surface area (Å²) >= 11 is 0. The van der Waals surface area contributed by atoms with Gasteiger partial charge in [0.15, 0.2) is 0 Å². The van der Waals surface area contributed by atoms with Gasteiger partial charge in [0.25, 0.3) is 0 Å². The molecule has 0 radical (unpaired) electrons. The molecular formula is C18H21N3O2. The van der Waals surface area contributed by atoms with Gasteiger partial charge in [0.05, 0.1) is 6.26 Å². The van der Waals surface area contributed by atoms with Gasteiger partial charge in [-0.3, -0.25) is 4.79 Å². The van der Waals surface area contributed by atoms with Crippen LogP contribution in [0.3, 0.4) is 0 Å². The van der Waals surface area contributed by atoms with Crippen LogP contribution in [0.4, 0.5) is 11.4 Å². The van der Waals surface area contributed by atoms with Gasteiger partial charge in [-0.05, 0) is 42.8 Å². The number of nitrogens with two attached hydrogens (primary N) is 1. The number of carbonyl (C=O) groups excluding carboxylic acids is 1. The van der Waals surface area contributed by atoms with Crippen LogP contribution in [-0.4, -0.2) is 37.0 Å². The van der Waals surface area contributed by atoms with E-state index in [0.717, 1.165) is 24.5 Å². The number of furan rings is 1. The van der Waals surface area contributed by atoms with Crippen molar-refractivity contribution in [2.45, 2.75) is 6.92 Å². The molecule has 1 aromatic heterocycles. The van der Waals surface area contributed by atoms with E-state index in [4.69, 9.17) is 10.2 Å². The van der Waals surface area contributed by atoms with Crippen molar-refractivity contribution >= 4 is 23.4 Å². The molecule has 23 heavy (non-hydrogen) atoms. The Labute approximate surface area is 136 Å². The van der Waals surface area contributed by atoms with E-state index in [9.17, 15) is 4.79 Å². The fraction of sp³-hybridized carbons (Fsp3) is 0.278. The molecule has 120 valence electrons. The van der Waals surface area contributed by atoms with Crippen LogP contribution in [0.2, 0.25) is 0 Å². The van der Waals surface area contributed by atoms with E-state index in [1.54, 1.807) is 24.5 Å². The molecule has 5 heteroatoms. The molecule has 1 aliphatic rings. The quantitative estimate of drug-likeness (QED) is 0.699. The van der Waals surface area contributed by atoms with E-state index in [-0.39, 0.29) is 5.91 Å². The lowest BCUT2D eigenvalue weighted by Gasteiger charge is -2.36. The molecule has 0 atom stereocenters. The first kappa shape index (κ1) is 15.2. The third-order valence-electron chi connectivity index (χ3n) is 4.10. The Morgan fingerprint density at radius 1 is 1.22 bits per heavy atom. The van der Waals surface area contributed by atoms with Crippen molar-refractivity contribution in [1.29, 1.82) is 0 Å². The highest BCUT2D eigenvalue weighted by Crippen LogP contribution is 2.24. The van der Waals surface area contributed by atoms with Crippen molar-refractivity contribution in [3.8, 4) is 0 Å². The first-order valence-electron chi connectivity index (χ1n) is 7.75. The maximum absolute atomic E-state index is 12.2. The molecule has 1 aliphatic heterocycles. The molecule has 2 heterocycles. The van der Waals surface area contributed by atoms with Crippen LogP contribution in [0.1, 0.15) is 11.3 Å². The van der Waals surface area contributed by atoms with Crippen molar-refractivity contribution in [3.63, 3.8) is 0 Å². The van der Waals surface area contributed by atoms with Crippen molar-refractivity contribution in [2.75, 3.05) is 36.8 Å². The van der Waals surface area contributed by atoms with Gasteiger partial charge in [-0.1, -0.05) is 6.07 Å². The van der Waals surface area contributed by atoms with E-state index < -0.39 is 0 Å². The van der Waals surface area contributed by atoms with Gasteiger partial charge in [0, 0.05) is 43.6 Å². The molecule has 3 rings (SSSR count).